The number of fused-ring (bicyclic) bond motifs is 1. The van der Waals surface area contributed by atoms with Crippen molar-refractivity contribution in [2.45, 2.75) is 12.8 Å². The van der Waals surface area contributed by atoms with Crippen LogP contribution in [0.1, 0.15) is 21.7 Å². The summed E-state index contributed by atoms with van der Waals surface area (Å²) < 4.78 is 50.6. The van der Waals surface area contributed by atoms with Gasteiger partial charge < -0.3 is 9.47 Å². The summed E-state index contributed by atoms with van der Waals surface area (Å²) in [6.45, 7) is -0.317. The number of methoxy groups -OCH3 is 1. The molecule has 0 aliphatic heterocycles. The van der Waals surface area contributed by atoms with Crippen LogP contribution in [-0.2, 0) is 24.6 Å². The van der Waals surface area contributed by atoms with Gasteiger partial charge in [-0.25, -0.2) is 4.79 Å². The number of ether oxygens (including phenoxy) is 2. The minimum atomic E-state index is -4.56. The van der Waals surface area contributed by atoms with Gasteiger partial charge in [0, 0.05) is 24.2 Å². The SMILES string of the molecule is COC(=O)c1c2cc(OCc3cccnc3C(F)(F)F)ccc2nn1C. The van der Waals surface area contributed by atoms with Crippen LogP contribution in [0.25, 0.3) is 10.9 Å². The highest BCUT2D eigenvalue weighted by molar-refractivity contribution is 6.02. The summed E-state index contributed by atoms with van der Waals surface area (Å²) in [7, 11) is 2.85. The number of esters is 1. The minimum Gasteiger partial charge on any atom is -0.489 e. The van der Waals surface area contributed by atoms with Gasteiger partial charge in [-0.2, -0.15) is 18.3 Å². The second-order valence-corrected chi connectivity index (χ2v) is 5.44. The number of carbonyl (C=O) groups is 1. The van der Waals surface area contributed by atoms with E-state index in [0.29, 0.717) is 16.7 Å². The minimum absolute atomic E-state index is 0.0838. The Kier molecular flexibility index (Phi) is 4.54. The number of carbonyl (C=O) groups excluding carboxylic acids is 1. The highest BCUT2D eigenvalue weighted by Gasteiger charge is 2.35. The summed E-state index contributed by atoms with van der Waals surface area (Å²) in [6, 6.07) is 7.44. The Hall–Kier alpha value is -3.10. The van der Waals surface area contributed by atoms with Crippen molar-refractivity contribution in [2.24, 2.45) is 7.05 Å². The first-order valence-corrected chi connectivity index (χ1v) is 7.50. The van der Waals surface area contributed by atoms with Gasteiger partial charge in [0.05, 0.1) is 12.6 Å². The molecule has 1 aromatic carbocycles. The van der Waals surface area contributed by atoms with E-state index >= 15 is 0 Å². The smallest absolute Gasteiger partial charge is 0.433 e. The van der Waals surface area contributed by atoms with E-state index in [1.54, 1.807) is 19.2 Å². The monoisotopic (exact) mass is 365 g/mol. The van der Waals surface area contributed by atoms with E-state index in [2.05, 4.69) is 10.1 Å². The van der Waals surface area contributed by atoms with Crippen LogP contribution < -0.4 is 4.74 Å². The van der Waals surface area contributed by atoms with Crippen molar-refractivity contribution >= 4 is 16.9 Å². The van der Waals surface area contributed by atoms with E-state index in [0.717, 1.165) is 6.20 Å². The number of pyridine rings is 1. The molecule has 0 amide bonds. The summed E-state index contributed by atoms with van der Waals surface area (Å²) in [5.41, 5.74) is -0.305. The van der Waals surface area contributed by atoms with E-state index in [1.807, 2.05) is 0 Å². The number of benzene rings is 1. The number of hydrogen-bond donors (Lipinski definition) is 0. The Morgan fingerprint density at radius 2 is 2.04 bits per heavy atom. The molecule has 0 fully saturated rings. The zero-order chi connectivity index (χ0) is 18.9. The molecule has 0 N–H and O–H groups in total. The number of aryl methyl sites for hydroxylation is 1. The zero-order valence-corrected chi connectivity index (χ0v) is 13.9. The molecule has 3 aromatic rings. The fourth-order valence-corrected chi connectivity index (χ4v) is 2.58. The summed E-state index contributed by atoms with van der Waals surface area (Å²) in [5, 5.41) is 4.67. The lowest BCUT2D eigenvalue weighted by molar-refractivity contribution is -0.142. The summed E-state index contributed by atoms with van der Waals surface area (Å²) in [4.78, 5) is 15.3. The third-order valence-corrected chi connectivity index (χ3v) is 3.74. The van der Waals surface area contributed by atoms with Crippen LogP contribution in [0, 0.1) is 0 Å². The van der Waals surface area contributed by atoms with Gasteiger partial charge in [-0.05, 0) is 24.3 Å². The van der Waals surface area contributed by atoms with E-state index in [9.17, 15) is 18.0 Å². The van der Waals surface area contributed by atoms with Crippen molar-refractivity contribution < 1.29 is 27.4 Å². The van der Waals surface area contributed by atoms with E-state index in [-0.39, 0.29) is 17.9 Å². The Morgan fingerprint density at radius 3 is 2.73 bits per heavy atom. The van der Waals surface area contributed by atoms with Crippen molar-refractivity contribution in [2.75, 3.05) is 7.11 Å². The highest BCUT2D eigenvalue weighted by atomic mass is 19.4. The summed E-state index contributed by atoms with van der Waals surface area (Å²) in [5.74, 6) is -0.272. The van der Waals surface area contributed by atoms with Gasteiger partial charge in [0.15, 0.2) is 11.4 Å². The highest BCUT2D eigenvalue weighted by Crippen LogP contribution is 2.31. The number of aromatic nitrogens is 3. The number of hydrogen-bond acceptors (Lipinski definition) is 5. The predicted molar refractivity (Wildman–Crippen MR) is 85.6 cm³/mol. The van der Waals surface area contributed by atoms with Crippen LogP contribution in [0.4, 0.5) is 13.2 Å². The van der Waals surface area contributed by atoms with E-state index in [4.69, 9.17) is 9.47 Å². The number of alkyl halides is 3. The van der Waals surface area contributed by atoms with E-state index < -0.39 is 17.8 Å². The predicted octanol–water partition coefficient (Wildman–Crippen LogP) is 3.35. The van der Waals surface area contributed by atoms with Crippen LogP contribution in [0.15, 0.2) is 36.5 Å². The molecule has 0 saturated heterocycles. The Morgan fingerprint density at radius 1 is 1.27 bits per heavy atom. The molecule has 0 aliphatic rings. The van der Waals surface area contributed by atoms with Crippen molar-refractivity contribution in [3.63, 3.8) is 0 Å². The van der Waals surface area contributed by atoms with Crippen LogP contribution in [0.2, 0.25) is 0 Å². The van der Waals surface area contributed by atoms with Crippen molar-refractivity contribution in [1.82, 2.24) is 14.8 Å². The second kappa shape index (κ2) is 6.66. The fraction of sp³-hybridized carbons (Fsp3) is 0.235. The van der Waals surface area contributed by atoms with Crippen LogP contribution in [-0.4, -0.2) is 27.8 Å². The lowest BCUT2D eigenvalue weighted by Gasteiger charge is -2.12. The first kappa shape index (κ1) is 17.7. The fourth-order valence-electron chi connectivity index (χ4n) is 2.58. The molecule has 6 nitrogen and oxygen atoms in total. The first-order valence-electron chi connectivity index (χ1n) is 7.50. The first-order chi connectivity index (χ1) is 12.3. The normalized spacial score (nSPS) is 11.6. The van der Waals surface area contributed by atoms with Crippen LogP contribution in [0.5, 0.6) is 5.75 Å². The molecule has 2 heterocycles. The molecule has 0 spiro atoms. The Bertz CT molecular complexity index is 967. The molecule has 3 rings (SSSR count). The van der Waals surface area contributed by atoms with Crippen LogP contribution in [0.3, 0.4) is 0 Å². The maximum atomic E-state index is 13.0. The summed E-state index contributed by atoms with van der Waals surface area (Å²) in [6.07, 6.45) is -3.48. The molecule has 0 bridgehead atoms. The zero-order valence-electron chi connectivity index (χ0n) is 13.9. The molecule has 0 aliphatic carbocycles. The van der Waals surface area contributed by atoms with Gasteiger partial charge >= 0.3 is 12.1 Å². The Labute approximate surface area is 146 Å². The lowest BCUT2D eigenvalue weighted by Crippen LogP contribution is -2.13. The molecule has 26 heavy (non-hydrogen) atoms. The van der Waals surface area contributed by atoms with Gasteiger partial charge in [0.25, 0.3) is 0 Å². The second-order valence-electron chi connectivity index (χ2n) is 5.44. The molecular weight excluding hydrogens is 351 g/mol. The molecule has 0 atom stereocenters. The molecular formula is C17H14F3N3O3. The average Bonchev–Trinajstić information content (AvgIpc) is 2.93. The average molecular weight is 365 g/mol. The molecule has 136 valence electrons. The molecule has 9 heteroatoms. The molecule has 0 radical (unpaired) electrons. The van der Waals surface area contributed by atoms with Crippen molar-refractivity contribution in [3.05, 3.63) is 53.5 Å². The Balaban J connectivity index is 1.90. The quantitative estimate of drug-likeness (QED) is 0.664. The third kappa shape index (κ3) is 3.32. The van der Waals surface area contributed by atoms with Crippen molar-refractivity contribution in [3.8, 4) is 5.75 Å². The standard InChI is InChI=1S/C17H14F3N3O3/c1-23-14(16(24)25-2)12-8-11(5-6-13(12)22-23)26-9-10-4-3-7-21-15(10)17(18,19)20/h3-8H,9H2,1-2H3. The number of halogens is 3. The molecule has 0 saturated carbocycles. The largest absolute Gasteiger partial charge is 0.489 e. The topological polar surface area (TPSA) is 66.2 Å². The maximum absolute atomic E-state index is 13.0. The lowest BCUT2D eigenvalue weighted by atomic mass is 10.2. The van der Waals surface area contributed by atoms with Gasteiger partial charge in [-0.15, -0.1) is 0 Å². The van der Waals surface area contributed by atoms with Gasteiger partial charge in [-0.3, -0.25) is 9.67 Å². The van der Waals surface area contributed by atoms with Crippen molar-refractivity contribution in [1.29, 1.82) is 0 Å². The van der Waals surface area contributed by atoms with Crippen LogP contribution >= 0.6 is 0 Å². The maximum Gasteiger partial charge on any atom is 0.433 e. The third-order valence-electron chi connectivity index (χ3n) is 3.74. The molecule has 0 unspecified atom stereocenters. The van der Waals surface area contributed by atoms with Gasteiger partial charge in [-0.1, -0.05) is 6.07 Å². The molecule has 2 aromatic heterocycles. The number of nitrogens with zero attached hydrogens (tertiary/aromatic N) is 3. The van der Waals surface area contributed by atoms with Gasteiger partial charge in [0.2, 0.25) is 0 Å². The van der Waals surface area contributed by atoms with Gasteiger partial charge in [0.1, 0.15) is 12.4 Å². The van der Waals surface area contributed by atoms with E-state index in [1.165, 1.54) is 30.0 Å². The number of rotatable bonds is 4. The summed E-state index contributed by atoms with van der Waals surface area (Å²) >= 11 is 0.